The Labute approximate surface area is 163 Å². The number of nitrogens with two attached hydrogens (primary N) is 1. The van der Waals surface area contributed by atoms with Gasteiger partial charge in [-0.15, -0.1) is 0 Å². The Balaban J connectivity index is 1.74. The number of rotatable bonds is 6. The Morgan fingerprint density at radius 2 is 1.89 bits per heavy atom. The molecule has 2 aromatic rings. The van der Waals surface area contributed by atoms with E-state index < -0.39 is 22.9 Å². The molecule has 0 aliphatic carbocycles. The molecule has 1 saturated heterocycles. The van der Waals surface area contributed by atoms with Crippen molar-refractivity contribution < 1.29 is 34.4 Å². The van der Waals surface area contributed by atoms with Crippen LogP contribution in [0.15, 0.2) is 42.5 Å². The first-order valence-electron chi connectivity index (χ1n) is 8.21. The van der Waals surface area contributed by atoms with E-state index in [0.29, 0.717) is 11.5 Å². The molecule has 0 saturated carbocycles. The SMILES string of the molecule is COc1cc([C@H]2[NH2+][C@@H](C(=O)[O-])CS2)ccc1OC(=O)c1ccc([N+](=O)[O-])cc1. The number of nitrogens with zero attached hydrogens (tertiary/aromatic N) is 1. The van der Waals surface area contributed by atoms with Gasteiger partial charge in [0.2, 0.25) is 0 Å². The van der Waals surface area contributed by atoms with Crippen LogP contribution in [0.5, 0.6) is 11.5 Å². The van der Waals surface area contributed by atoms with Crippen molar-refractivity contribution in [3.05, 3.63) is 63.7 Å². The summed E-state index contributed by atoms with van der Waals surface area (Å²) < 4.78 is 10.6. The Bertz CT molecular complexity index is 917. The molecule has 9 nitrogen and oxygen atoms in total. The molecule has 1 heterocycles. The third kappa shape index (κ3) is 4.24. The quantitative estimate of drug-likeness (QED) is 0.313. The fourth-order valence-corrected chi connectivity index (χ4v) is 4.01. The molecular formula is C18H16N2O7S. The third-order valence-corrected chi connectivity index (χ3v) is 5.54. The maximum Gasteiger partial charge on any atom is 0.343 e. The van der Waals surface area contributed by atoms with Crippen LogP contribution >= 0.6 is 11.8 Å². The van der Waals surface area contributed by atoms with E-state index in [1.165, 1.54) is 43.1 Å². The number of aliphatic carboxylic acids is 1. The van der Waals surface area contributed by atoms with Gasteiger partial charge in [0.1, 0.15) is 12.0 Å². The predicted molar refractivity (Wildman–Crippen MR) is 97.0 cm³/mol. The van der Waals surface area contributed by atoms with Crippen molar-refractivity contribution in [2.24, 2.45) is 0 Å². The number of benzene rings is 2. The molecular weight excluding hydrogens is 388 g/mol. The lowest BCUT2D eigenvalue weighted by atomic mass is 10.1. The van der Waals surface area contributed by atoms with Crippen molar-refractivity contribution in [2.75, 3.05) is 12.9 Å². The molecule has 2 N–H and O–H groups in total. The number of nitro groups is 1. The zero-order valence-corrected chi connectivity index (χ0v) is 15.5. The smallest absolute Gasteiger partial charge is 0.343 e. The highest BCUT2D eigenvalue weighted by atomic mass is 32.2. The number of hydrogen-bond donors (Lipinski definition) is 1. The van der Waals surface area contributed by atoms with E-state index in [-0.39, 0.29) is 22.4 Å². The number of esters is 1. The van der Waals surface area contributed by atoms with Gasteiger partial charge in [-0.2, -0.15) is 0 Å². The first-order valence-corrected chi connectivity index (χ1v) is 9.26. The van der Waals surface area contributed by atoms with Crippen LogP contribution in [-0.2, 0) is 4.79 Å². The number of methoxy groups -OCH3 is 1. The summed E-state index contributed by atoms with van der Waals surface area (Å²) in [6, 6.07) is 9.43. The van der Waals surface area contributed by atoms with Gasteiger partial charge in [0.25, 0.3) is 5.69 Å². The van der Waals surface area contributed by atoms with Crippen molar-refractivity contribution in [3.63, 3.8) is 0 Å². The van der Waals surface area contributed by atoms with Gasteiger partial charge in [0, 0.05) is 17.7 Å². The summed E-state index contributed by atoms with van der Waals surface area (Å²) in [4.78, 5) is 33.4. The zero-order chi connectivity index (χ0) is 20.3. The number of nitro benzene ring substituents is 1. The van der Waals surface area contributed by atoms with Gasteiger partial charge in [-0.05, 0) is 30.3 Å². The van der Waals surface area contributed by atoms with Crippen molar-refractivity contribution in [1.29, 1.82) is 0 Å². The number of ether oxygens (including phenoxy) is 2. The highest BCUT2D eigenvalue weighted by Crippen LogP contribution is 2.34. The summed E-state index contributed by atoms with van der Waals surface area (Å²) in [5.74, 6) is -0.838. The van der Waals surface area contributed by atoms with Crippen LogP contribution in [0.1, 0.15) is 21.3 Å². The van der Waals surface area contributed by atoms with Crippen LogP contribution in [-0.4, -0.2) is 35.8 Å². The van der Waals surface area contributed by atoms with Gasteiger partial charge in [-0.3, -0.25) is 10.1 Å². The molecule has 1 aliphatic rings. The van der Waals surface area contributed by atoms with Gasteiger partial charge in [0.05, 0.1) is 23.3 Å². The average molecular weight is 404 g/mol. The van der Waals surface area contributed by atoms with Gasteiger partial charge >= 0.3 is 5.97 Å². The van der Waals surface area contributed by atoms with E-state index in [0.717, 1.165) is 5.56 Å². The van der Waals surface area contributed by atoms with Crippen LogP contribution in [0.4, 0.5) is 5.69 Å². The van der Waals surface area contributed by atoms with E-state index in [2.05, 4.69) is 0 Å². The molecule has 0 aromatic heterocycles. The first kappa shape index (κ1) is 19.6. The monoisotopic (exact) mass is 404 g/mol. The van der Waals surface area contributed by atoms with E-state index in [4.69, 9.17) is 9.47 Å². The third-order valence-electron chi connectivity index (χ3n) is 4.20. The lowest BCUT2D eigenvalue weighted by molar-refractivity contribution is -0.690. The number of carbonyl (C=O) groups is 2. The van der Waals surface area contributed by atoms with Crippen molar-refractivity contribution >= 4 is 29.4 Å². The van der Waals surface area contributed by atoms with Crippen LogP contribution in [0.25, 0.3) is 0 Å². The number of carbonyl (C=O) groups excluding carboxylic acids is 2. The van der Waals surface area contributed by atoms with Gasteiger partial charge in [0.15, 0.2) is 16.9 Å². The van der Waals surface area contributed by atoms with Gasteiger partial charge in [-0.1, -0.05) is 11.8 Å². The molecule has 2 atom stereocenters. The van der Waals surface area contributed by atoms with Crippen LogP contribution in [0, 0.1) is 10.1 Å². The highest BCUT2D eigenvalue weighted by Gasteiger charge is 2.31. The Morgan fingerprint density at radius 1 is 1.18 bits per heavy atom. The summed E-state index contributed by atoms with van der Waals surface area (Å²) >= 11 is 1.48. The number of hydrogen-bond acceptors (Lipinski definition) is 8. The second-order valence-corrected chi connectivity index (χ2v) is 7.15. The highest BCUT2D eigenvalue weighted by molar-refractivity contribution is 7.99. The summed E-state index contributed by atoms with van der Waals surface area (Å²) in [6.45, 7) is 0. The fraction of sp³-hybridized carbons (Fsp3) is 0.222. The standard InChI is InChI=1S/C18H16N2O7S/c1-26-15-8-11(16-19-13(9-28-16)17(21)22)4-7-14(15)27-18(23)10-2-5-12(6-3-10)20(24)25/h2-8,13,16,19H,9H2,1H3,(H,21,22)/t13-,16+/m1/s1. The molecule has 0 unspecified atom stereocenters. The minimum absolute atomic E-state index is 0.126. The van der Waals surface area contributed by atoms with Crippen molar-refractivity contribution in [3.8, 4) is 11.5 Å². The minimum atomic E-state index is -1.10. The Kier molecular flexibility index (Phi) is 5.81. The molecule has 146 valence electrons. The van der Waals surface area contributed by atoms with Crippen molar-refractivity contribution in [2.45, 2.75) is 11.4 Å². The van der Waals surface area contributed by atoms with E-state index in [1.807, 2.05) is 0 Å². The topological polar surface area (TPSA) is 135 Å². The molecule has 3 rings (SSSR count). The van der Waals surface area contributed by atoms with Crippen LogP contribution in [0.2, 0.25) is 0 Å². The largest absolute Gasteiger partial charge is 0.544 e. The molecule has 2 aromatic carbocycles. The number of quaternary nitrogens is 1. The zero-order valence-electron chi connectivity index (χ0n) is 14.7. The Hall–Kier alpha value is -3.11. The molecule has 1 fully saturated rings. The summed E-state index contributed by atoms with van der Waals surface area (Å²) in [6.07, 6.45) is 0. The van der Waals surface area contributed by atoms with Gasteiger partial charge < -0.3 is 24.7 Å². The second-order valence-electron chi connectivity index (χ2n) is 5.98. The van der Waals surface area contributed by atoms with Crippen LogP contribution in [0.3, 0.4) is 0 Å². The average Bonchev–Trinajstić information content (AvgIpc) is 3.19. The maximum absolute atomic E-state index is 12.3. The molecule has 28 heavy (non-hydrogen) atoms. The summed E-state index contributed by atoms with van der Waals surface area (Å²) in [5, 5.41) is 23.3. The molecule has 0 bridgehead atoms. The first-order chi connectivity index (χ1) is 13.4. The van der Waals surface area contributed by atoms with E-state index in [9.17, 15) is 24.8 Å². The normalized spacial score (nSPS) is 18.5. The number of carboxylic acids is 1. The molecule has 1 aliphatic heterocycles. The number of non-ortho nitro benzene ring substituents is 1. The Morgan fingerprint density at radius 3 is 2.46 bits per heavy atom. The lowest BCUT2D eigenvalue weighted by Gasteiger charge is -2.14. The fourth-order valence-electron chi connectivity index (χ4n) is 2.71. The molecule has 0 spiro atoms. The molecule has 10 heteroatoms. The van der Waals surface area contributed by atoms with Crippen LogP contribution < -0.4 is 19.9 Å². The maximum atomic E-state index is 12.3. The number of carboxylic acid groups (broad SMARTS) is 1. The number of thioether (sulfide) groups is 1. The molecule has 0 amide bonds. The predicted octanol–water partition coefficient (Wildman–Crippen LogP) is 0.250. The van der Waals surface area contributed by atoms with Crippen molar-refractivity contribution in [1.82, 2.24) is 0 Å². The molecule has 0 radical (unpaired) electrons. The summed E-state index contributed by atoms with van der Waals surface area (Å²) in [5.41, 5.74) is 0.854. The van der Waals surface area contributed by atoms with E-state index >= 15 is 0 Å². The minimum Gasteiger partial charge on any atom is -0.544 e. The van der Waals surface area contributed by atoms with E-state index in [1.54, 1.807) is 23.5 Å². The summed E-state index contributed by atoms with van der Waals surface area (Å²) in [7, 11) is 1.43. The lowest BCUT2D eigenvalue weighted by Crippen LogP contribution is -2.90. The second kappa shape index (κ2) is 8.28. The van der Waals surface area contributed by atoms with Gasteiger partial charge in [-0.25, -0.2) is 4.79 Å².